The Morgan fingerprint density at radius 3 is 2.75 bits per heavy atom. The van der Waals surface area contributed by atoms with Gasteiger partial charge in [0.2, 0.25) is 11.1 Å². The third kappa shape index (κ3) is 3.78. The van der Waals surface area contributed by atoms with E-state index in [0.717, 1.165) is 28.6 Å². The highest BCUT2D eigenvalue weighted by molar-refractivity contribution is 7.22. The Labute approximate surface area is 144 Å². The second-order valence-electron chi connectivity index (χ2n) is 5.38. The van der Waals surface area contributed by atoms with Crippen LogP contribution in [0.15, 0.2) is 58.5 Å². The van der Waals surface area contributed by atoms with E-state index in [9.17, 15) is 0 Å². The Balaban J connectivity index is 1.84. The van der Waals surface area contributed by atoms with Gasteiger partial charge >= 0.3 is 0 Å². The second kappa shape index (κ2) is 7.23. The average molecular weight is 337 g/mol. The van der Waals surface area contributed by atoms with Crippen molar-refractivity contribution in [1.29, 1.82) is 0 Å². The largest absolute Gasteiger partial charge is 0.383 e. The number of aliphatic imine (C=N–C) groups is 2. The first kappa shape index (κ1) is 16.1. The Morgan fingerprint density at radius 1 is 1.12 bits per heavy atom. The third-order valence-electron chi connectivity index (χ3n) is 3.49. The molecular formula is C18H19N5S. The zero-order valence-electron chi connectivity index (χ0n) is 13.4. The highest BCUT2D eigenvalue weighted by atomic mass is 32.1. The molecule has 24 heavy (non-hydrogen) atoms. The first-order valence-corrected chi connectivity index (χ1v) is 8.60. The fraction of sp³-hybridized carbons (Fsp3) is 0.167. The van der Waals surface area contributed by atoms with Gasteiger partial charge in [-0.05, 0) is 30.2 Å². The summed E-state index contributed by atoms with van der Waals surface area (Å²) in [5, 5.41) is 0.574. The topological polar surface area (TPSA) is 89.6 Å². The monoisotopic (exact) mass is 337 g/mol. The summed E-state index contributed by atoms with van der Waals surface area (Å²) < 4.78 is 1.06. The predicted molar refractivity (Wildman–Crippen MR) is 102 cm³/mol. The standard InChI is InChI=1S/C18H19N5S/c1-2-6-12-7-5-8-13(11-12)16(19)22-17(20)23-18-21-14-9-3-4-10-15(14)24-18/h3-5,7-11H,2,6H2,1H3,(H4,19,20,21,22,23). The van der Waals surface area contributed by atoms with E-state index in [1.54, 1.807) is 0 Å². The zero-order valence-corrected chi connectivity index (χ0v) is 14.3. The van der Waals surface area contributed by atoms with Crippen molar-refractivity contribution in [1.82, 2.24) is 4.98 Å². The summed E-state index contributed by atoms with van der Waals surface area (Å²) in [6, 6.07) is 15.9. The minimum atomic E-state index is 0.104. The number of nitrogens with two attached hydrogens (primary N) is 2. The molecule has 0 aliphatic carbocycles. The summed E-state index contributed by atoms with van der Waals surface area (Å²) in [4.78, 5) is 12.9. The molecule has 2 aromatic carbocycles. The van der Waals surface area contributed by atoms with Gasteiger partial charge in [0.15, 0.2) is 0 Å². The van der Waals surface area contributed by atoms with Gasteiger partial charge in [0.1, 0.15) is 5.84 Å². The van der Waals surface area contributed by atoms with E-state index >= 15 is 0 Å². The molecule has 1 heterocycles. The van der Waals surface area contributed by atoms with E-state index in [-0.39, 0.29) is 5.96 Å². The first-order chi connectivity index (χ1) is 11.7. The molecule has 0 atom stereocenters. The molecular weight excluding hydrogens is 318 g/mol. The molecule has 3 aromatic rings. The Morgan fingerprint density at radius 2 is 1.96 bits per heavy atom. The van der Waals surface area contributed by atoms with Crippen LogP contribution >= 0.6 is 11.3 Å². The summed E-state index contributed by atoms with van der Waals surface area (Å²) in [6.07, 6.45) is 2.10. The van der Waals surface area contributed by atoms with Crippen molar-refractivity contribution in [3.05, 3.63) is 59.7 Å². The minimum absolute atomic E-state index is 0.104. The summed E-state index contributed by atoms with van der Waals surface area (Å²) in [7, 11) is 0. The van der Waals surface area contributed by atoms with E-state index in [0.29, 0.717) is 11.0 Å². The molecule has 0 radical (unpaired) electrons. The van der Waals surface area contributed by atoms with Gasteiger partial charge < -0.3 is 11.5 Å². The molecule has 3 rings (SSSR count). The van der Waals surface area contributed by atoms with Crippen molar-refractivity contribution in [2.45, 2.75) is 19.8 Å². The summed E-state index contributed by atoms with van der Waals surface area (Å²) in [6.45, 7) is 2.15. The second-order valence-corrected chi connectivity index (χ2v) is 6.39. The van der Waals surface area contributed by atoms with Gasteiger partial charge in [-0.2, -0.15) is 9.98 Å². The average Bonchev–Trinajstić information content (AvgIpc) is 2.97. The van der Waals surface area contributed by atoms with Crippen LogP contribution in [-0.2, 0) is 6.42 Å². The molecule has 0 aliphatic heterocycles. The lowest BCUT2D eigenvalue weighted by Gasteiger charge is -2.04. The van der Waals surface area contributed by atoms with Crippen LogP contribution in [0.2, 0.25) is 0 Å². The van der Waals surface area contributed by atoms with Gasteiger partial charge in [0.25, 0.3) is 0 Å². The predicted octanol–water partition coefficient (Wildman–Crippen LogP) is 3.60. The smallest absolute Gasteiger partial charge is 0.224 e. The van der Waals surface area contributed by atoms with Crippen molar-refractivity contribution in [2.24, 2.45) is 21.5 Å². The Hall–Kier alpha value is -2.73. The molecule has 5 nitrogen and oxygen atoms in total. The molecule has 0 saturated carbocycles. The maximum atomic E-state index is 6.06. The number of nitrogens with zero attached hydrogens (tertiary/aromatic N) is 3. The lowest BCUT2D eigenvalue weighted by molar-refractivity contribution is 0.921. The normalized spacial score (nSPS) is 12.7. The van der Waals surface area contributed by atoms with Gasteiger partial charge in [-0.25, -0.2) is 4.98 Å². The van der Waals surface area contributed by atoms with Crippen LogP contribution in [0, 0.1) is 0 Å². The van der Waals surface area contributed by atoms with E-state index in [2.05, 4.69) is 28.0 Å². The van der Waals surface area contributed by atoms with Crippen molar-refractivity contribution in [2.75, 3.05) is 0 Å². The molecule has 0 spiro atoms. The number of amidine groups is 1. The van der Waals surface area contributed by atoms with Crippen molar-refractivity contribution < 1.29 is 0 Å². The van der Waals surface area contributed by atoms with Gasteiger partial charge in [-0.3, -0.25) is 0 Å². The number of rotatable bonds is 4. The molecule has 0 amide bonds. The SMILES string of the molecule is CCCc1cccc(C(N)=NC(N)=Nc2nc3ccccc3s2)c1. The van der Waals surface area contributed by atoms with Crippen LogP contribution in [0.4, 0.5) is 5.13 Å². The minimum Gasteiger partial charge on any atom is -0.383 e. The molecule has 1 aromatic heterocycles. The number of benzene rings is 2. The lowest BCUT2D eigenvalue weighted by atomic mass is 10.1. The summed E-state index contributed by atoms with van der Waals surface area (Å²) in [5.41, 5.74) is 15.0. The quantitative estimate of drug-likeness (QED) is 0.563. The van der Waals surface area contributed by atoms with Gasteiger partial charge in [0, 0.05) is 5.56 Å². The van der Waals surface area contributed by atoms with E-state index in [1.165, 1.54) is 16.9 Å². The number of hydrogen-bond donors (Lipinski definition) is 2. The van der Waals surface area contributed by atoms with Crippen LogP contribution in [0.5, 0.6) is 0 Å². The molecule has 0 bridgehead atoms. The van der Waals surface area contributed by atoms with Crippen LogP contribution in [0.3, 0.4) is 0 Å². The molecule has 4 N–H and O–H groups in total. The molecule has 122 valence electrons. The van der Waals surface area contributed by atoms with E-state index in [1.807, 2.05) is 42.5 Å². The fourth-order valence-electron chi connectivity index (χ4n) is 2.39. The van der Waals surface area contributed by atoms with Crippen molar-refractivity contribution >= 4 is 38.5 Å². The molecule has 0 saturated heterocycles. The summed E-state index contributed by atoms with van der Waals surface area (Å²) in [5.74, 6) is 0.461. The first-order valence-electron chi connectivity index (χ1n) is 7.79. The Bertz CT molecular complexity index is 877. The van der Waals surface area contributed by atoms with Crippen molar-refractivity contribution in [3.8, 4) is 0 Å². The molecule has 0 aliphatic rings. The number of hydrogen-bond acceptors (Lipinski definition) is 3. The van der Waals surface area contributed by atoms with Gasteiger partial charge in [-0.15, -0.1) is 0 Å². The molecule has 0 fully saturated rings. The summed E-state index contributed by atoms with van der Waals surface area (Å²) >= 11 is 1.47. The lowest BCUT2D eigenvalue weighted by Crippen LogP contribution is -2.19. The van der Waals surface area contributed by atoms with Crippen LogP contribution < -0.4 is 11.5 Å². The van der Waals surface area contributed by atoms with E-state index in [4.69, 9.17) is 11.5 Å². The number of fused-ring (bicyclic) bond motifs is 1. The maximum Gasteiger partial charge on any atom is 0.224 e. The Kier molecular flexibility index (Phi) is 4.86. The third-order valence-corrected chi connectivity index (χ3v) is 4.42. The van der Waals surface area contributed by atoms with Gasteiger partial charge in [-0.1, -0.05) is 55.0 Å². The molecule has 6 heteroatoms. The fourth-order valence-corrected chi connectivity index (χ4v) is 3.24. The number of guanidine groups is 1. The molecule has 0 unspecified atom stereocenters. The maximum absolute atomic E-state index is 6.06. The highest BCUT2D eigenvalue weighted by Gasteiger charge is 2.04. The van der Waals surface area contributed by atoms with Crippen LogP contribution in [-0.4, -0.2) is 16.8 Å². The van der Waals surface area contributed by atoms with Gasteiger partial charge in [0.05, 0.1) is 10.2 Å². The highest BCUT2D eigenvalue weighted by Crippen LogP contribution is 2.27. The number of aromatic nitrogens is 1. The van der Waals surface area contributed by atoms with E-state index < -0.39 is 0 Å². The number of para-hydroxylation sites is 1. The van der Waals surface area contributed by atoms with Crippen LogP contribution in [0.1, 0.15) is 24.5 Å². The van der Waals surface area contributed by atoms with Crippen molar-refractivity contribution in [3.63, 3.8) is 0 Å². The zero-order chi connectivity index (χ0) is 16.9. The number of aryl methyl sites for hydroxylation is 1. The van der Waals surface area contributed by atoms with Crippen LogP contribution in [0.25, 0.3) is 10.2 Å². The number of thiazole rings is 1.